The molecule has 0 spiro atoms. The van der Waals surface area contributed by atoms with Crippen LogP contribution in [0.15, 0.2) is 79.0 Å². The van der Waals surface area contributed by atoms with Crippen LogP contribution in [-0.2, 0) is 0 Å². The van der Waals surface area contributed by atoms with E-state index in [2.05, 4.69) is 51.3 Å². The van der Waals surface area contributed by atoms with E-state index in [0.717, 1.165) is 55.6 Å². The van der Waals surface area contributed by atoms with E-state index in [1.165, 1.54) is 0 Å². The van der Waals surface area contributed by atoms with Crippen LogP contribution in [0.4, 0.5) is 5.69 Å². The van der Waals surface area contributed by atoms with Crippen molar-refractivity contribution in [3.8, 4) is 0 Å². The van der Waals surface area contributed by atoms with Crippen molar-refractivity contribution in [2.45, 2.75) is 25.9 Å². The second kappa shape index (κ2) is 10.4. The van der Waals surface area contributed by atoms with E-state index in [1.807, 2.05) is 12.3 Å². The van der Waals surface area contributed by atoms with Gasteiger partial charge in [-0.2, -0.15) is 0 Å². The van der Waals surface area contributed by atoms with Gasteiger partial charge in [-0.3, -0.25) is 24.3 Å². The number of para-hydroxylation sites is 1. The Kier molecular flexibility index (Phi) is 6.67. The molecule has 1 aliphatic carbocycles. The summed E-state index contributed by atoms with van der Waals surface area (Å²) in [5.41, 5.74) is 3.96. The Bertz CT molecular complexity index is 1580. The first-order valence-corrected chi connectivity index (χ1v) is 13.5. The van der Waals surface area contributed by atoms with Crippen LogP contribution in [0, 0.1) is 0 Å². The Balaban J connectivity index is 1.17. The first kappa shape index (κ1) is 24.9. The maximum absolute atomic E-state index is 13.4. The number of anilines is 1. The van der Waals surface area contributed by atoms with E-state index in [1.54, 1.807) is 42.5 Å². The maximum atomic E-state index is 13.4. The molecule has 1 fully saturated rings. The van der Waals surface area contributed by atoms with Gasteiger partial charge in [-0.1, -0.05) is 55.8 Å². The minimum Gasteiger partial charge on any atom is -0.367 e. The third-order valence-electron chi connectivity index (χ3n) is 7.75. The van der Waals surface area contributed by atoms with Crippen molar-refractivity contribution in [1.29, 1.82) is 0 Å². The number of pyridine rings is 1. The van der Waals surface area contributed by atoms with Gasteiger partial charge in [0.05, 0.1) is 17.4 Å². The lowest BCUT2D eigenvalue weighted by Gasteiger charge is -2.40. The summed E-state index contributed by atoms with van der Waals surface area (Å²) in [4.78, 5) is 48.7. The quantitative estimate of drug-likeness (QED) is 0.351. The van der Waals surface area contributed by atoms with Gasteiger partial charge in [0.2, 0.25) is 0 Å². The molecule has 1 unspecified atom stereocenters. The summed E-state index contributed by atoms with van der Waals surface area (Å²) in [5, 5.41) is 4.33. The Labute approximate surface area is 227 Å². The third kappa shape index (κ3) is 4.59. The molecule has 196 valence electrons. The number of ketones is 2. The van der Waals surface area contributed by atoms with Crippen LogP contribution >= 0.6 is 0 Å². The number of benzene rings is 3. The zero-order valence-electron chi connectivity index (χ0n) is 21.9. The van der Waals surface area contributed by atoms with E-state index in [4.69, 9.17) is 0 Å². The minimum atomic E-state index is -0.240. The highest BCUT2D eigenvalue weighted by atomic mass is 16.2. The van der Waals surface area contributed by atoms with Gasteiger partial charge in [0.1, 0.15) is 0 Å². The highest BCUT2D eigenvalue weighted by molar-refractivity contribution is 6.28. The molecular formula is C32H30N4O3. The normalized spacial score (nSPS) is 16.1. The van der Waals surface area contributed by atoms with E-state index in [-0.39, 0.29) is 29.2 Å². The lowest BCUT2D eigenvalue weighted by atomic mass is 9.83. The van der Waals surface area contributed by atoms with E-state index in [0.29, 0.717) is 22.3 Å². The molecule has 7 nitrogen and oxygen atoms in total. The maximum Gasteiger partial charge on any atom is 0.252 e. The molecule has 2 aliphatic rings. The number of hydrogen-bond donors (Lipinski definition) is 1. The molecule has 6 rings (SSSR count). The van der Waals surface area contributed by atoms with Gasteiger partial charge in [-0.25, -0.2) is 0 Å². The fourth-order valence-electron chi connectivity index (χ4n) is 5.71. The molecular weight excluding hydrogens is 488 g/mol. The standard InChI is InChI=1S/C32H30N4O3/c1-2-7-28(36-18-16-35(17-19-36)27-12-5-8-21-9-6-15-33-29(21)27)34-32(39)22-13-14-25-26(20-22)31(38)24-11-4-3-10-23(24)30(25)37/h3-6,8-15,20,28H,2,7,16-19H2,1H3,(H,34,39). The molecule has 1 atom stereocenters. The van der Waals surface area contributed by atoms with Crippen LogP contribution in [0.25, 0.3) is 10.9 Å². The fourth-order valence-corrected chi connectivity index (χ4v) is 5.71. The number of amides is 1. The summed E-state index contributed by atoms with van der Waals surface area (Å²) in [6, 6.07) is 22.0. The number of nitrogens with one attached hydrogen (secondary N) is 1. The second-order valence-electron chi connectivity index (χ2n) is 10.1. The molecule has 2 heterocycles. The van der Waals surface area contributed by atoms with Gasteiger partial charge >= 0.3 is 0 Å². The number of aromatic nitrogens is 1. The van der Waals surface area contributed by atoms with Crippen molar-refractivity contribution >= 4 is 34.1 Å². The smallest absolute Gasteiger partial charge is 0.252 e. The summed E-state index contributed by atoms with van der Waals surface area (Å²) < 4.78 is 0. The molecule has 1 N–H and O–H groups in total. The average molecular weight is 519 g/mol. The van der Waals surface area contributed by atoms with Gasteiger partial charge in [0, 0.05) is 65.6 Å². The van der Waals surface area contributed by atoms with Crippen LogP contribution in [0.2, 0.25) is 0 Å². The Morgan fingerprint density at radius 2 is 1.54 bits per heavy atom. The number of fused-ring (bicyclic) bond motifs is 3. The van der Waals surface area contributed by atoms with Gasteiger partial charge in [0.25, 0.3) is 5.91 Å². The first-order chi connectivity index (χ1) is 19.0. The van der Waals surface area contributed by atoms with Crippen LogP contribution in [0.1, 0.15) is 62.0 Å². The first-order valence-electron chi connectivity index (χ1n) is 13.5. The summed E-state index contributed by atoms with van der Waals surface area (Å²) in [5.74, 6) is -0.648. The fraction of sp³-hybridized carbons (Fsp3) is 0.250. The lowest BCUT2D eigenvalue weighted by molar-refractivity contribution is 0.0824. The number of nitrogens with zero attached hydrogens (tertiary/aromatic N) is 3. The van der Waals surface area contributed by atoms with E-state index >= 15 is 0 Å². The van der Waals surface area contributed by atoms with Crippen LogP contribution < -0.4 is 10.2 Å². The second-order valence-corrected chi connectivity index (χ2v) is 10.1. The van der Waals surface area contributed by atoms with Gasteiger partial charge < -0.3 is 10.2 Å². The molecule has 0 radical (unpaired) electrons. The lowest BCUT2D eigenvalue weighted by Crippen LogP contribution is -2.56. The van der Waals surface area contributed by atoms with Crippen molar-refractivity contribution in [1.82, 2.24) is 15.2 Å². The van der Waals surface area contributed by atoms with Gasteiger partial charge in [-0.15, -0.1) is 0 Å². The molecule has 0 bridgehead atoms. The molecule has 1 aromatic heterocycles. The van der Waals surface area contributed by atoms with Gasteiger partial charge in [0.15, 0.2) is 11.6 Å². The van der Waals surface area contributed by atoms with Crippen molar-refractivity contribution in [2.24, 2.45) is 0 Å². The predicted molar refractivity (Wildman–Crippen MR) is 151 cm³/mol. The number of hydrogen-bond acceptors (Lipinski definition) is 6. The molecule has 39 heavy (non-hydrogen) atoms. The summed E-state index contributed by atoms with van der Waals surface area (Å²) in [7, 11) is 0. The monoisotopic (exact) mass is 518 g/mol. The van der Waals surface area contributed by atoms with Crippen molar-refractivity contribution in [2.75, 3.05) is 31.1 Å². The number of carbonyl (C=O) groups excluding carboxylic acids is 3. The zero-order chi connectivity index (χ0) is 26.9. The number of carbonyl (C=O) groups is 3. The molecule has 1 saturated heterocycles. The van der Waals surface area contributed by atoms with E-state index < -0.39 is 0 Å². The zero-order valence-corrected chi connectivity index (χ0v) is 21.9. The summed E-state index contributed by atoms with van der Waals surface area (Å²) in [6.07, 6.45) is 3.45. The van der Waals surface area contributed by atoms with E-state index in [9.17, 15) is 14.4 Å². The van der Waals surface area contributed by atoms with Crippen molar-refractivity contribution in [3.05, 3.63) is 107 Å². The van der Waals surface area contributed by atoms with Crippen LogP contribution in [-0.4, -0.2) is 59.7 Å². The molecule has 7 heteroatoms. The summed E-state index contributed by atoms with van der Waals surface area (Å²) in [6.45, 7) is 5.39. The van der Waals surface area contributed by atoms with Gasteiger partial charge in [-0.05, 0) is 36.8 Å². The average Bonchev–Trinajstić information content (AvgIpc) is 2.99. The minimum absolute atomic E-state index is 0.121. The van der Waals surface area contributed by atoms with Crippen molar-refractivity contribution < 1.29 is 14.4 Å². The van der Waals surface area contributed by atoms with Crippen LogP contribution in [0.3, 0.4) is 0 Å². The largest absolute Gasteiger partial charge is 0.367 e. The Morgan fingerprint density at radius 1 is 0.846 bits per heavy atom. The predicted octanol–water partition coefficient (Wildman–Crippen LogP) is 4.69. The number of rotatable bonds is 6. The molecule has 4 aromatic rings. The molecule has 1 aliphatic heterocycles. The topological polar surface area (TPSA) is 82.6 Å². The Morgan fingerprint density at radius 3 is 2.28 bits per heavy atom. The summed E-state index contributed by atoms with van der Waals surface area (Å²) >= 11 is 0. The van der Waals surface area contributed by atoms with Crippen molar-refractivity contribution in [3.63, 3.8) is 0 Å². The highest BCUT2D eigenvalue weighted by Crippen LogP contribution is 2.29. The highest BCUT2D eigenvalue weighted by Gasteiger charge is 2.31. The molecule has 3 aromatic carbocycles. The molecule has 0 saturated carbocycles. The SMILES string of the molecule is CCCC(NC(=O)c1ccc2c(c1)C(=O)c1ccccc1C2=O)N1CCN(c2cccc3cccnc23)CC1. The number of piperazine rings is 1. The van der Waals surface area contributed by atoms with Crippen LogP contribution in [0.5, 0.6) is 0 Å². The third-order valence-corrected chi connectivity index (χ3v) is 7.75. The Hall–Kier alpha value is -4.36. The molecule has 1 amide bonds.